The van der Waals surface area contributed by atoms with E-state index in [1.54, 1.807) is 17.8 Å². The second kappa shape index (κ2) is 7.67. The Labute approximate surface area is 153 Å². The van der Waals surface area contributed by atoms with Crippen LogP contribution in [0.2, 0.25) is 10.0 Å². The van der Waals surface area contributed by atoms with Crippen molar-refractivity contribution in [3.8, 4) is 0 Å². The highest BCUT2D eigenvalue weighted by Crippen LogP contribution is 2.42. The number of hydrogen-bond donors (Lipinski definition) is 0. The number of nitrogens with zero attached hydrogens (tertiary/aromatic N) is 1. The molecule has 1 aromatic rings. The van der Waals surface area contributed by atoms with Gasteiger partial charge >= 0.3 is 0 Å². The summed E-state index contributed by atoms with van der Waals surface area (Å²) in [6.45, 7) is 9.61. The third kappa shape index (κ3) is 5.30. The quantitative estimate of drug-likeness (QED) is 0.641. The number of rotatable bonds is 4. The first-order valence-corrected chi connectivity index (χ1v) is 9.84. The van der Waals surface area contributed by atoms with Crippen LogP contribution < -0.4 is 0 Å². The molecule has 1 aliphatic rings. The Morgan fingerprint density at radius 3 is 2.70 bits per heavy atom. The van der Waals surface area contributed by atoms with Gasteiger partial charge in [-0.15, -0.1) is 11.8 Å². The highest BCUT2D eigenvalue weighted by Gasteiger charge is 2.32. The van der Waals surface area contributed by atoms with Gasteiger partial charge < -0.3 is 4.90 Å². The summed E-state index contributed by atoms with van der Waals surface area (Å²) in [7, 11) is 0. The van der Waals surface area contributed by atoms with Crippen molar-refractivity contribution in [1.29, 1.82) is 0 Å². The average Bonchev–Trinajstić information content (AvgIpc) is 2.85. The zero-order valence-electron chi connectivity index (χ0n) is 14.2. The molecule has 0 radical (unpaired) electrons. The van der Waals surface area contributed by atoms with Gasteiger partial charge in [0.15, 0.2) is 0 Å². The fourth-order valence-corrected chi connectivity index (χ4v) is 5.11. The summed E-state index contributed by atoms with van der Waals surface area (Å²) >= 11 is 14.1. The van der Waals surface area contributed by atoms with Crippen molar-refractivity contribution in [1.82, 2.24) is 4.90 Å². The minimum absolute atomic E-state index is 0.00843. The molecule has 0 saturated carbocycles. The van der Waals surface area contributed by atoms with E-state index in [-0.39, 0.29) is 16.7 Å². The summed E-state index contributed by atoms with van der Waals surface area (Å²) < 4.78 is 0. The molecule has 0 unspecified atom stereocenters. The molecule has 2 rings (SSSR count). The standard InChI is InChI=1S/C18H25Cl2NOS/c1-12(11-18(2,3)4)9-16(22)21-7-8-23-17(21)14-6-5-13(19)10-15(14)20/h5-6,10,12,17H,7-9,11H2,1-4H3/t12-,17+/m0/s1. The van der Waals surface area contributed by atoms with E-state index in [1.807, 2.05) is 17.0 Å². The van der Waals surface area contributed by atoms with Crippen molar-refractivity contribution in [2.24, 2.45) is 11.3 Å². The van der Waals surface area contributed by atoms with Gasteiger partial charge in [-0.1, -0.05) is 57.0 Å². The Bertz CT molecular complexity index is 571. The van der Waals surface area contributed by atoms with Crippen LogP contribution >= 0.6 is 35.0 Å². The molecule has 1 heterocycles. The fourth-order valence-electron chi connectivity index (χ4n) is 3.22. The Balaban J connectivity index is 2.07. The van der Waals surface area contributed by atoms with E-state index in [0.29, 0.717) is 22.4 Å². The molecule has 0 bridgehead atoms. The maximum atomic E-state index is 12.7. The van der Waals surface area contributed by atoms with Crippen LogP contribution in [0.4, 0.5) is 0 Å². The van der Waals surface area contributed by atoms with Crippen molar-refractivity contribution in [2.45, 2.75) is 45.9 Å². The molecule has 1 saturated heterocycles. The molecule has 1 amide bonds. The minimum atomic E-state index is 0.00843. The fraction of sp³-hybridized carbons (Fsp3) is 0.611. The van der Waals surface area contributed by atoms with Crippen molar-refractivity contribution in [2.75, 3.05) is 12.3 Å². The van der Waals surface area contributed by atoms with E-state index < -0.39 is 0 Å². The summed E-state index contributed by atoms with van der Waals surface area (Å²) in [6.07, 6.45) is 1.64. The number of amides is 1. The average molecular weight is 374 g/mol. The molecule has 23 heavy (non-hydrogen) atoms. The van der Waals surface area contributed by atoms with Gasteiger partial charge in [-0.3, -0.25) is 4.79 Å². The minimum Gasteiger partial charge on any atom is -0.326 e. The van der Waals surface area contributed by atoms with Crippen LogP contribution in [0.15, 0.2) is 18.2 Å². The number of carbonyl (C=O) groups is 1. The lowest BCUT2D eigenvalue weighted by molar-refractivity contribution is -0.132. The van der Waals surface area contributed by atoms with Gasteiger partial charge in [0, 0.05) is 34.3 Å². The van der Waals surface area contributed by atoms with Crippen molar-refractivity contribution < 1.29 is 4.79 Å². The van der Waals surface area contributed by atoms with Crippen LogP contribution in [0.3, 0.4) is 0 Å². The molecule has 1 fully saturated rings. The monoisotopic (exact) mass is 373 g/mol. The number of hydrogen-bond acceptors (Lipinski definition) is 2. The predicted octanol–water partition coefficient (Wildman–Crippen LogP) is 6.03. The largest absolute Gasteiger partial charge is 0.326 e. The maximum Gasteiger partial charge on any atom is 0.224 e. The van der Waals surface area contributed by atoms with Crippen molar-refractivity contribution in [3.05, 3.63) is 33.8 Å². The highest BCUT2D eigenvalue weighted by molar-refractivity contribution is 7.99. The zero-order chi connectivity index (χ0) is 17.2. The van der Waals surface area contributed by atoms with Crippen LogP contribution in [-0.4, -0.2) is 23.1 Å². The zero-order valence-corrected chi connectivity index (χ0v) is 16.6. The van der Waals surface area contributed by atoms with Crippen LogP contribution in [0.5, 0.6) is 0 Å². The van der Waals surface area contributed by atoms with Gasteiger partial charge in [0.1, 0.15) is 5.37 Å². The number of benzene rings is 1. The van der Waals surface area contributed by atoms with Gasteiger partial charge in [-0.2, -0.15) is 0 Å². The molecule has 2 atom stereocenters. The van der Waals surface area contributed by atoms with Gasteiger partial charge in [-0.25, -0.2) is 0 Å². The lowest BCUT2D eigenvalue weighted by atomic mass is 9.84. The predicted molar refractivity (Wildman–Crippen MR) is 101 cm³/mol. The summed E-state index contributed by atoms with van der Waals surface area (Å²) in [6, 6.07) is 5.53. The molecule has 2 nitrogen and oxygen atoms in total. The second-order valence-electron chi connectivity index (χ2n) is 7.55. The van der Waals surface area contributed by atoms with Crippen LogP contribution in [0.25, 0.3) is 0 Å². The Morgan fingerprint density at radius 1 is 1.39 bits per heavy atom. The molecule has 128 valence electrons. The third-order valence-corrected chi connectivity index (χ3v) is 5.73. The molecule has 0 aliphatic carbocycles. The smallest absolute Gasteiger partial charge is 0.224 e. The maximum absolute atomic E-state index is 12.7. The van der Waals surface area contributed by atoms with E-state index in [2.05, 4.69) is 27.7 Å². The summed E-state index contributed by atoms with van der Waals surface area (Å²) in [4.78, 5) is 14.7. The molecular weight excluding hydrogens is 349 g/mol. The summed E-state index contributed by atoms with van der Waals surface area (Å²) in [5, 5.41) is 1.27. The molecule has 1 aromatic carbocycles. The lowest BCUT2D eigenvalue weighted by Crippen LogP contribution is -2.32. The SMILES string of the molecule is C[C@@H](CC(=O)N1CCS[C@@H]1c1ccc(Cl)cc1Cl)CC(C)(C)C. The molecule has 5 heteroatoms. The normalized spacial score (nSPS) is 19.9. The van der Waals surface area contributed by atoms with Crippen LogP contribution in [0, 0.1) is 11.3 Å². The molecular formula is C18H25Cl2NOS. The van der Waals surface area contributed by atoms with Crippen LogP contribution in [-0.2, 0) is 4.79 Å². The van der Waals surface area contributed by atoms with E-state index in [9.17, 15) is 4.79 Å². The number of carbonyl (C=O) groups excluding carboxylic acids is 1. The van der Waals surface area contributed by atoms with Gasteiger partial charge in [0.25, 0.3) is 0 Å². The summed E-state index contributed by atoms with van der Waals surface area (Å²) in [5.41, 5.74) is 1.23. The second-order valence-corrected chi connectivity index (χ2v) is 9.58. The Kier molecular flexibility index (Phi) is 6.32. The number of halogens is 2. The first kappa shape index (κ1) is 19.0. The van der Waals surface area contributed by atoms with Crippen molar-refractivity contribution >= 4 is 40.9 Å². The third-order valence-electron chi connectivity index (χ3n) is 3.92. The van der Waals surface area contributed by atoms with E-state index in [1.165, 1.54) is 0 Å². The van der Waals surface area contributed by atoms with Gasteiger partial charge in [0.2, 0.25) is 5.91 Å². The van der Waals surface area contributed by atoms with Gasteiger partial charge in [0.05, 0.1) is 0 Å². The molecule has 0 aromatic heterocycles. The van der Waals surface area contributed by atoms with E-state index in [4.69, 9.17) is 23.2 Å². The van der Waals surface area contributed by atoms with Crippen LogP contribution in [0.1, 0.15) is 51.5 Å². The molecule has 0 N–H and O–H groups in total. The highest BCUT2D eigenvalue weighted by atomic mass is 35.5. The van der Waals surface area contributed by atoms with E-state index in [0.717, 1.165) is 24.3 Å². The van der Waals surface area contributed by atoms with Gasteiger partial charge in [-0.05, 0) is 29.9 Å². The number of thioether (sulfide) groups is 1. The Morgan fingerprint density at radius 2 is 2.09 bits per heavy atom. The first-order chi connectivity index (χ1) is 10.7. The van der Waals surface area contributed by atoms with E-state index >= 15 is 0 Å². The lowest BCUT2D eigenvalue weighted by Gasteiger charge is -2.28. The summed E-state index contributed by atoms with van der Waals surface area (Å²) in [5.74, 6) is 1.56. The molecule has 0 spiro atoms. The van der Waals surface area contributed by atoms with Crippen molar-refractivity contribution in [3.63, 3.8) is 0 Å². The Hall–Kier alpha value is -0.380. The molecule has 1 aliphatic heterocycles. The first-order valence-electron chi connectivity index (χ1n) is 8.03. The topological polar surface area (TPSA) is 20.3 Å².